The number of aliphatic carboxylic acids is 1. The number of aliphatic hydroxyl groups excluding tert-OH is 3. The first-order valence-electron chi connectivity index (χ1n) is 16.8. The zero-order chi connectivity index (χ0) is 30.6. The van der Waals surface area contributed by atoms with Crippen LogP contribution in [0.5, 0.6) is 0 Å². The minimum atomic E-state index is -1.29. The fourth-order valence-corrected chi connectivity index (χ4v) is 11.8. The van der Waals surface area contributed by atoms with E-state index in [1.165, 1.54) is 5.57 Å². The van der Waals surface area contributed by atoms with Crippen molar-refractivity contribution in [3.05, 3.63) is 11.1 Å². The van der Waals surface area contributed by atoms with E-state index in [2.05, 4.69) is 41.5 Å². The van der Waals surface area contributed by atoms with Crippen LogP contribution in [0.4, 0.5) is 0 Å². The molecule has 7 nitrogen and oxygen atoms in total. The molecule has 238 valence electrons. The van der Waals surface area contributed by atoms with Gasteiger partial charge in [-0.2, -0.15) is 0 Å². The fourth-order valence-electron chi connectivity index (χ4n) is 11.8. The predicted octanol–water partition coefficient (Wildman–Crippen LogP) is 5.84. The van der Waals surface area contributed by atoms with Gasteiger partial charge >= 0.3 is 5.97 Å². The minimum absolute atomic E-state index is 0.104. The first kappa shape index (κ1) is 31.0. The Morgan fingerprint density at radius 1 is 0.833 bits per heavy atom. The van der Waals surface area contributed by atoms with Crippen molar-refractivity contribution in [3.8, 4) is 0 Å². The lowest BCUT2D eigenvalue weighted by Gasteiger charge is -2.67. The molecule has 12 atom stereocenters. The summed E-state index contributed by atoms with van der Waals surface area (Å²) < 4.78 is 12.3. The van der Waals surface area contributed by atoms with Gasteiger partial charge in [-0.25, -0.2) is 0 Å². The van der Waals surface area contributed by atoms with Crippen molar-refractivity contribution in [2.24, 2.45) is 44.8 Å². The van der Waals surface area contributed by atoms with Gasteiger partial charge in [-0.3, -0.25) is 4.79 Å². The lowest BCUT2D eigenvalue weighted by Crippen LogP contribution is -2.63. The van der Waals surface area contributed by atoms with E-state index in [1.54, 1.807) is 12.5 Å². The average molecular weight is 589 g/mol. The van der Waals surface area contributed by atoms with Crippen LogP contribution < -0.4 is 0 Å². The maximum absolute atomic E-state index is 12.8. The molecule has 42 heavy (non-hydrogen) atoms. The zero-order valence-electron chi connectivity index (χ0n) is 27.0. The molecule has 1 aliphatic heterocycles. The lowest BCUT2D eigenvalue weighted by atomic mass is 9.38. The molecule has 0 radical (unpaired) electrons. The van der Waals surface area contributed by atoms with Gasteiger partial charge in [0.2, 0.25) is 0 Å². The summed E-state index contributed by atoms with van der Waals surface area (Å²) in [5.74, 6) is 0.587. The highest BCUT2D eigenvalue weighted by Crippen LogP contribution is 2.71. The number of carboxylic acid groups (broad SMARTS) is 1. The van der Waals surface area contributed by atoms with Gasteiger partial charge in [0.15, 0.2) is 6.29 Å². The summed E-state index contributed by atoms with van der Waals surface area (Å²) in [6, 6.07) is 0. The fraction of sp³-hybridized carbons (Fsp3) is 0.914. The summed E-state index contributed by atoms with van der Waals surface area (Å²) in [7, 11) is 0. The Labute approximate surface area is 252 Å². The molecular weight excluding hydrogens is 532 g/mol. The van der Waals surface area contributed by atoms with E-state index in [-0.39, 0.29) is 33.7 Å². The smallest absolute Gasteiger partial charge is 0.310 e. The van der Waals surface area contributed by atoms with E-state index < -0.39 is 42.1 Å². The topological polar surface area (TPSA) is 116 Å². The molecule has 1 heterocycles. The van der Waals surface area contributed by atoms with Gasteiger partial charge < -0.3 is 29.9 Å². The van der Waals surface area contributed by atoms with Gasteiger partial charge in [0.05, 0.1) is 17.6 Å². The quantitative estimate of drug-likeness (QED) is 0.242. The molecule has 1 saturated heterocycles. The highest BCUT2D eigenvalue weighted by Gasteiger charge is 2.65. The summed E-state index contributed by atoms with van der Waals surface area (Å²) in [6.07, 6.45) is 5.38. The van der Waals surface area contributed by atoms with Gasteiger partial charge in [-0.05, 0) is 117 Å². The third-order valence-electron chi connectivity index (χ3n) is 14.2. The van der Waals surface area contributed by atoms with Crippen LogP contribution in [0.15, 0.2) is 11.1 Å². The van der Waals surface area contributed by atoms with Gasteiger partial charge in [-0.1, -0.05) is 52.7 Å². The van der Waals surface area contributed by atoms with Crippen LogP contribution in [-0.4, -0.2) is 63.2 Å². The minimum Gasteiger partial charge on any atom is -0.481 e. The van der Waals surface area contributed by atoms with Crippen LogP contribution in [-0.2, 0) is 14.3 Å². The molecule has 6 rings (SSSR count). The Hall–Kier alpha value is -0.990. The average Bonchev–Trinajstić information content (AvgIpc) is 2.91. The number of carbonyl (C=O) groups is 1. The monoisotopic (exact) mass is 588 g/mol. The van der Waals surface area contributed by atoms with Crippen molar-refractivity contribution in [2.75, 3.05) is 0 Å². The van der Waals surface area contributed by atoms with E-state index in [1.807, 2.05) is 0 Å². The molecule has 3 saturated carbocycles. The summed E-state index contributed by atoms with van der Waals surface area (Å²) in [6.45, 7) is 16.0. The molecule has 0 aromatic carbocycles. The molecular formula is C35H56O7. The van der Waals surface area contributed by atoms with Crippen LogP contribution in [0.1, 0.15) is 119 Å². The Balaban J connectivity index is 1.27. The second-order valence-corrected chi connectivity index (χ2v) is 17.2. The van der Waals surface area contributed by atoms with Crippen molar-refractivity contribution in [1.29, 1.82) is 0 Å². The van der Waals surface area contributed by atoms with Gasteiger partial charge in [0, 0.05) is 0 Å². The summed E-state index contributed by atoms with van der Waals surface area (Å²) in [5.41, 5.74) is 2.83. The molecule has 0 spiro atoms. The molecule has 1 unspecified atom stereocenters. The number of aliphatic hydroxyl groups is 3. The van der Waals surface area contributed by atoms with Gasteiger partial charge in [0.25, 0.3) is 0 Å². The number of hydrogen-bond donors (Lipinski definition) is 4. The number of hydrogen-bond acceptors (Lipinski definition) is 6. The number of carboxylic acids is 1. The van der Waals surface area contributed by atoms with Crippen LogP contribution in [0, 0.1) is 44.8 Å². The maximum atomic E-state index is 12.8. The molecule has 0 amide bonds. The Kier molecular flexibility index (Phi) is 7.39. The lowest BCUT2D eigenvalue weighted by molar-refractivity contribution is -0.323. The number of allylic oxidation sites excluding steroid dienone is 2. The second kappa shape index (κ2) is 10.0. The van der Waals surface area contributed by atoms with E-state index in [0.717, 1.165) is 70.6 Å². The normalized spacial score (nSPS) is 51.5. The highest BCUT2D eigenvalue weighted by molar-refractivity contribution is 5.76. The number of fused-ring (bicyclic) bond motifs is 6. The Morgan fingerprint density at radius 3 is 2.24 bits per heavy atom. The molecule has 6 aliphatic rings. The van der Waals surface area contributed by atoms with E-state index >= 15 is 0 Å². The Bertz CT molecular complexity index is 1130. The first-order chi connectivity index (χ1) is 19.5. The van der Waals surface area contributed by atoms with E-state index in [4.69, 9.17) is 9.47 Å². The maximum Gasteiger partial charge on any atom is 0.310 e. The first-order valence-corrected chi connectivity index (χ1v) is 16.8. The molecule has 5 aliphatic carbocycles. The SMILES string of the molecule is C[C@@H]1O[C@@H](OC2CC[C@]3(C)[C@H]4CCC5=C(CC[C@@]6(C(=O)O)CCC(C)(C)C[C@@H]56)[C@]4(C)CC[C@H]3C2(C)C)[C@H](O)[C@H](O)[C@H]1O. The molecule has 7 heteroatoms. The molecule has 0 aromatic rings. The predicted molar refractivity (Wildman–Crippen MR) is 159 cm³/mol. The summed E-state index contributed by atoms with van der Waals surface area (Å²) in [5, 5.41) is 41.8. The van der Waals surface area contributed by atoms with Crippen LogP contribution in [0.25, 0.3) is 0 Å². The standard InChI is InChI=1S/C35H56O7/c1-19-26(36)27(37)28(38)29(41-19)42-25-12-14-34(7)23(32(25,4)5)11-13-33(6)21-10-15-35(30(39)40)17-16-31(2,3)18-22(35)20(21)8-9-24(33)34/h19,22-29,36-38H,8-18H2,1-7H3,(H,39,40)/t19-,22-,23-,24-,25?,26-,27+,28+,29-,33-,34-,35+/m0/s1. The van der Waals surface area contributed by atoms with Crippen LogP contribution >= 0.6 is 0 Å². The van der Waals surface area contributed by atoms with Crippen molar-refractivity contribution in [3.63, 3.8) is 0 Å². The van der Waals surface area contributed by atoms with Crippen molar-refractivity contribution < 1.29 is 34.7 Å². The summed E-state index contributed by atoms with van der Waals surface area (Å²) >= 11 is 0. The highest BCUT2D eigenvalue weighted by atomic mass is 16.7. The van der Waals surface area contributed by atoms with Crippen LogP contribution in [0.3, 0.4) is 0 Å². The molecule has 0 bridgehead atoms. The van der Waals surface area contributed by atoms with Crippen LogP contribution in [0.2, 0.25) is 0 Å². The number of rotatable bonds is 3. The zero-order valence-corrected chi connectivity index (χ0v) is 27.0. The molecule has 0 aromatic heterocycles. The van der Waals surface area contributed by atoms with Crippen molar-refractivity contribution in [2.45, 2.75) is 156 Å². The molecule has 4 fully saturated rings. The van der Waals surface area contributed by atoms with Crippen molar-refractivity contribution in [1.82, 2.24) is 0 Å². The summed E-state index contributed by atoms with van der Waals surface area (Å²) in [4.78, 5) is 12.8. The van der Waals surface area contributed by atoms with E-state index in [0.29, 0.717) is 11.8 Å². The van der Waals surface area contributed by atoms with E-state index in [9.17, 15) is 25.2 Å². The van der Waals surface area contributed by atoms with Gasteiger partial charge in [0.1, 0.15) is 18.3 Å². The third kappa shape index (κ3) is 4.34. The Morgan fingerprint density at radius 2 is 1.55 bits per heavy atom. The number of ether oxygens (including phenoxy) is 2. The second-order valence-electron chi connectivity index (χ2n) is 17.2. The van der Waals surface area contributed by atoms with Gasteiger partial charge in [-0.15, -0.1) is 0 Å². The molecule has 4 N–H and O–H groups in total. The third-order valence-corrected chi connectivity index (χ3v) is 14.2. The van der Waals surface area contributed by atoms with Crippen molar-refractivity contribution >= 4 is 5.97 Å². The largest absolute Gasteiger partial charge is 0.481 e.